The van der Waals surface area contributed by atoms with Crippen molar-refractivity contribution in [1.82, 2.24) is 15.4 Å². The fraction of sp³-hybridized carbons (Fsp3) is 0.500. The molecule has 2 atom stereocenters. The van der Waals surface area contributed by atoms with Crippen molar-refractivity contribution in [1.29, 1.82) is 0 Å². The molecule has 0 unspecified atom stereocenters. The van der Waals surface area contributed by atoms with Crippen molar-refractivity contribution in [3.05, 3.63) is 23.9 Å². The maximum atomic E-state index is 12.5. The lowest BCUT2D eigenvalue weighted by Gasteiger charge is -2.37. The summed E-state index contributed by atoms with van der Waals surface area (Å²) in [5.41, 5.74) is 1.40. The van der Waals surface area contributed by atoms with Crippen molar-refractivity contribution in [3.63, 3.8) is 0 Å². The van der Waals surface area contributed by atoms with Gasteiger partial charge in [-0.25, -0.2) is 8.42 Å². The lowest BCUT2D eigenvalue weighted by molar-refractivity contribution is -0.136. The molecule has 3 heterocycles. The Labute approximate surface area is 145 Å². The first-order valence-corrected chi connectivity index (χ1v) is 9.97. The Morgan fingerprint density at radius 2 is 2.28 bits per heavy atom. The van der Waals surface area contributed by atoms with Gasteiger partial charge in [-0.15, -0.1) is 0 Å². The van der Waals surface area contributed by atoms with Gasteiger partial charge in [0.1, 0.15) is 5.75 Å². The predicted octanol–water partition coefficient (Wildman–Crippen LogP) is 0.112. The quantitative estimate of drug-likeness (QED) is 0.824. The topological polar surface area (TPSA) is 102 Å². The van der Waals surface area contributed by atoms with Gasteiger partial charge in [0.05, 0.1) is 23.2 Å². The minimum Gasteiger partial charge on any atom is -0.484 e. The maximum Gasteiger partial charge on any atom is 0.260 e. The van der Waals surface area contributed by atoms with E-state index in [1.54, 1.807) is 17.0 Å². The first kappa shape index (κ1) is 16.3. The largest absolute Gasteiger partial charge is 0.484 e. The van der Waals surface area contributed by atoms with Gasteiger partial charge in [0.25, 0.3) is 5.91 Å². The summed E-state index contributed by atoms with van der Waals surface area (Å²) in [7, 11) is -3.10. The number of hydrogen-bond acceptors (Lipinski definition) is 7. The van der Waals surface area contributed by atoms with Crippen molar-refractivity contribution in [2.24, 2.45) is 0 Å². The van der Waals surface area contributed by atoms with E-state index in [2.05, 4.69) is 10.5 Å². The second-order valence-corrected chi connectivity index (χ2v) is 8.66. The summed E-state index contributed by atoms with van der Waals surface area (Å²) < 4.78 is 34.5. The molecule has 0 saturated carbocycles. The Kier molecular flexibility index (Phi) is 3.92. The van der Waals surface area contributed by atoms with Gasteiger partial charge in [-0.2, -0.15) is 0 Å². The van der Waals surface area contributed by atoms with E-state index in [1.807, 2.05) is 13.0 Å². The monoisotopic (exact) mass is 365 g/mol. The van der Waals surface area contributed by atoms with E-state index in [0.717, 1.165) is 11.1 Å². The number of rotatable bonds is 3. The average molecular weight is 365 g/mol. The van der Waals surface area contributed by atoms with E-state index >= 15 is 0 Å². The number of carbonyl (C=O) groups is 1. The second kappa shape index (κ2) is 5.99. The van der Waals surface area contributed by atoms with Crippen LogP contribution in [-0.4, -0.2) is 67.7 Å². The Morgan fingerprint density at radius 3 is 3.12 bits per heavy atom. The van der Waals surface area contributed by atoms with E-state index in [0.29, 0.717) is 24.4 Å². The molecule has 9 heteroatoms. The Morgan fingerprint density at radius 1 is 1.44 bits per heavy atom. The van der Waals surface area contributed by atoms with E-state index in [4.69, 9.17) is 9.26 Å². The third-order valence-electron chi connectivity index (χ3n) is 4.79. The highest BCUT2D eigenvalue weighted by Crippen LogP contribution is 2.24. The molecule has 2 aliphatic heterocycles. The summed E-state index contributed by atoms with van der Waals surface area (Å²) in [4.78, 5) is 14.2. The predicted molar refractivity (Wildman–Crippen MR) is 90.2 cm³/mol. The van der Waals surface area contributed by atoms with Crippen LogP contribution in [0.2, 0.25) is 0 Å². The highest BCUT2D eigenvalue weighted by molar-refractivity contribution is 7.91. The molecule has 25 heavy (non-hydrogen) atoms. The number of piperazine rings is 1. The lowest BCUT2D eigenvalue weighted by Crippen LogP contribution is -2.59. The highest BCUT2D eigenvalue weighted by Gasteiger charge is 2.44. The number of amides is 1. The van der Waals surface area contributed by atoms with Gasteiger partial charge >= 0.3 is 0 Å². The van der Waals surface area contributed by atoms with Gasteiger partial charge in [0, 0.05) is 30.6 Å². The number of aryl methyl sites for hydroxylation is 1. The number of nitrogens with one attached hydrogen (secondary N) is 1. The molecule has 1 aromatic carbocycles. The molecule has 1 amide bonds. The molecule has 2 aromatic rings. The summed E-state index contributed by atoms with van der Waals surface area (Å²) in [6, 6.07) is 4.81. The highest BCUT2D eigenvalue weighted by atomic mass is 32.2. The van der Waals surface area contributed by atoms with Crippen LogP contribution >= 0.6 is 0 Å². The first-order valence-electron chi connectivity index (χ1n) is 8.15. The molecule has 0 radical (unpaired) electrons. The molecular formula is C16H19N3O5S. The first-order chi connectivity index (χ1) is 11.9. The van der Waals surface area contributed by atoms with Crippen LogP contribution in [0, 0.1) is 6.92 Å². The van der Waals surface area contributed by atoms with Crippen LogP contribution in [0.3, 0.4) is 0 Å². The molecule has 4 rings (SSSR count). The second-order valence-electron chi connectivity index (χ2n) is 6.51. The molecule has 2 fully saturated rings. The van der Waals surface area contributed by atoms with Crippen molar-refractivity contribution in [2.75, 3.05) is 31.2 Å². The summed E-state index contributed by atoms with van der Waals surface area (Å²) in [6.07, 6.45) is 0. The minimum absolute atomic E-state index is 0.0136. The Hall–Kier alpha value is -2.13. The standard InChI is InChI=1S/C16H19N3O5S/c1-10-12-3-2-11(6-15(12)24-18-10)23-7-16(20)19-5-4-17-13-8-25(21,22)9-14(13)19/h2-3,6,13-14,17H,4-5,7-9H2,1H3/t13-,14+/m0/s1. The van der Waals surface area contributed by atoms with Crippen LogP contribution in [0.5, 0.6) is 5.75 Å². The zero-order chi connectivity index (χ0) is 17.6. The number of aromatic nitrogens is 1. The van der Waals surface area contributed by atoms with Crippen LogP contribution in [0.4, 0.5) is 0 Å². The van der Waals surface area contributed by atoms with Gasteiger partial charge in [0.2, 0.25) is 0 Å². The minimum atomic E-state index is -3.10. The SMILES string of the molecule is Cc1noc2cc(OCC(=O)N3CCN[C@H]4CS(=O)(=O)C[C@H]43)ccc12. The molecule has 8 nitrogen and oxygen atoms in total. The molecule has 0 aliphatic carbocycles. The molecule has 1 N–H and O–H groups in total. The number of hydrogen-bond donors (Lipinski definition) is 1. The summed E-state index contributed by atoms with van der Waals surface area (Å²) in [5.74, 6) is 0.411. The van der Waals surface area contributed by atoms with E-state index in [9.17, 15) is 13.2 Å². The fourth-order valence-corrected chi connectivity index (χ4v) is 5.49. The van der Waals surface area contributed by atoms with Gasteiger partial charge in [-0.3, -0.25) is 4.79 Å². The molecule has 2 aliphatic rings. The third kappa shape index (κ3) is 3.09. The number of carbonyl (C=O) groups excluding carboxylic acids is 1. The van der Waals surface area contributed by atoms with E-state index in [-0.39, 0.29) is 36.1 Å². The van der Waals surface area contributed by atoms with E-state index < -0.39 is 9.84 Å². The van der Waals surface area contributed by atoms with Gasteiger partial charge in [0.15, 0.2) is 22.0 Å². The van der Waals surface area contributed by atoms with Crippen molar-refractivity contribution in [3.8, 4) is 5.75 Å². The number of fused-ring (bicyclic) bond motifs is 2. The number of benzene rings is 1. The zero-order valence-corrected chi connectivity index (χ0v) is 14.6. The number of sulfone groups is 1. The van der Waals surface area contributed by atoms with Crippen molar-refractivity contribution in [2.45, 2.75) is 19.0 Å². The van der Waals surface area contributed by atoms with Gasteiger partial charge in [-0.05, 0) is 19.1 Å². The Balaban J connectivity index is 1.44. The summed E-state index contributed by atoms with van der Waals surface area (Å²) in [6.45, 7) is 2.79. The smallest absolute Gasteiger partial charge is 0.260 e. The molecule has 0 bridgehead atoms. The number of nitrogens with zero attached hydrogens (tertiary/aromatic N) is 2. The van der Waals surface area contributed by atoms with E-state index in [1.165, 1.54) is 0 Å². The number of ether oxygens (including phenoxy) is 1. The Bertz CT molecular complexity index is 923. The lowest BCUT2D eigenvalue weighted by atomic mass is 10.1. The van der Waals surface area contributed by atoms with Crippen LogP contribution in [0.1, 0.15) is 5.69 Å². The molecular weight excluding hydrogens is 346 g/mol. The molecule has 1 aromatic heterocycles. The van der Waals surface area contributed by atoms with Gasteiger partial charge in [-0.1, -0.05) is 5.16 Å². The zero-order valence-electron chi connectivity index (χ0n) is 13.8. The van der Waals surface area contributed by atoms with Gasteiger partial charge < -0.3 is 19.5 Å². The normalized spacial score (nSPS) is 25.1. The average Bonchev–Trinajstić information content (AvgIpc) is 3.10. The maximum absolute atomic E-state index is 12.5. The fourth-order valence-electron chi connectivity index (χ4n) is 3.54. The van der Waals surface area contributed by atoms with Crippen LogP contribution in [0.15, 0.2) is 22.7 Å². The molecule has 0 spiro atoms. The van der Waals surface area contributed by atoms with Crippen LogP contribution in [0.25, 0.3) is 11.0 Å². The summed E-state index contributed by atoms with van der Waals surface area (Å²) in [5, 5.41) is 7.97. The molecule has 2 saturated heterocycles. The molecule has 134 valence electrons. The van der Waals surface area contributed by atoms with Crippen LogP contribution in [-0.2, 0) is 14.6 Å². The van der Waals surface area contributed by atoms with Crippen LogP contribution < -0.4 is 10.1 Å². The van der Waals surface area contributed by atoms with Crippen molar-refractivity contribution >= 4 is 26.7 Å². The third-order valence-corrected chi connectivity index (χ3v) is 6.51. The summed E-state index contributed by atoms with van der Waals surface area (Å²) >= 11 is 0. The van der Waals surface area contributed by atoms with Crippen molar-refractivity contribution < 1.29 is 22.5 Å².